The molecule has 0 aliphatic heterocycles. The SMILES string of the molecule is C[C@]12C(CC[C@@H]1CC=O)C1CC[C@@H]3C[C@H](O)CC[C@]3(C)C1C[C@@H]2O. The molecule has 3 heteroatoms. The summed E-state index contributed by atoms with van der Waals surface area (Å²) >= 11 is 0. The lowest BCUT2D eigenvalue weighted by Crippen LogP contribution is -2.58. The fraction of sp³-hybridized carbons (Fsp3) is 0.952. The molecule has 2 N–H and O–H groups in total. The topological polar surface area (TPSA) is 57.5 Å². The minimum Gasteiger partial charge on any atom is -0.393 e. The van der Waals surface area contributed by atoms with E-state index in [1.807, 2.05) is 0 Å². The highest BCUT2D eigenvalue weighted by molar-refractivity contribution is 5.50. The molecule has 0 heterocycles. The fourth-order valence-electron chi connectivity index (χ4n) is 7.82. The molecule has 136 valence electrons. The van der Waals surface area contributed by atoms with E-state index in [1.165, 1.54) is 19.3 Å². The second-order valence-corrected chi connectivity index (χ2v) is 9.88. The van der Waals surface area contributed by atoms with Crippen LogP contribution >= 0.6 is 0 Å². The molecule has 9 atom stereocenters. The van der Waals surface area contributed by atoms with Gasteiger partial charge in [-0.3, -0.25) is 0 Å². The van der Waals surface area contributed by atoms with Gasteiger partial charge in [-0.25, -0.2) is 0 Å². The molecule has 4 fully saturated rings. The van der Waals surface area contributed by atoms with Gasteiger partial charge in [0.25, 0.3) is 0 Å². The van der Waals surface area contributed by atoms with Crippen LogP contribution in [-0.4, -0.2) is 28.7 Å². The summed E-state index contributed by atoms with van der Waals surface area (Å²) in [6.07, 6.45) is 10.0. The average Bonchev–Trinajstić information content (AvgIpc) is 2.88. The van der Waals surface area contributed by atoms with Gasteiger partial charge >= 0.3 is 0 Å². The second kappa shape index (κ2) is 5.81. The Morgan fingerprint density at radius 2 is 1.79 bits per heavy atom. The summed E-state index contributed by atoms with van der Waals surface area (Å²) in [6, 6.07) is 0. The third-order valence-corrected chi connectivity index (χ3v) is 9.32. The van der Waals surface area contributed by atoms with Crippen molar-refractivity contribution in [3.05, 3.63) is 0 Å². The van der Waals surface area contributed by atoms with Crippen molar-refractivity contribution in [3.63, 3.8) is 0 Å². The number of fused-ring (bicyclic) bond motifs is 5. The minimum absolute atomic E-state index is 0.0561. The molecule has 0 spiro atoms. The van der Waals surface area contributed by atoms with Crippen molar-refractivity contribution in [2.75, 3.05) is 0 Å². The molecule has 0 bridgehead atoms. The molecule has 3 unspecified atom stereocenters. The Kier molecular flexibility index (Phi) is 4.12. The van der Waals surface area contributed by atoms with Gasteiger partial charge in [-0.15, -0.1) is 0 Å². The van der Waals surface area contributed by atoms with Crippen molar-refractivity contribution >= 4 is 6.29 Å². The maximum atomic E-state index is 11.2. The summed E-state index contributed by atoms with van der Waals surface area (Å²) in [6.45, 7) is 4.73. The molecule has 0 radical (unpaired) electrons. The van der Waals surface area contributed by atoms with Gasteiger partial charge in [0.05, 0.1) is 12.2 Å². The van der Waals surface area contributed by atoms with Gasteiger partial charge in [-0.2, -0.15) is 0 Å². The van der Waals surface area contributed by atoms with Gasteiger partial charge < -0.3 is 15.0 Å². The number of aldehydes is 1. The number of rotatable bonds is 2. The average molecular weight is 335 g/mol. The Morgan fingerprint density at radius 1 is 1.00 bits per heavy atom. The van der Waals surface area contributed by atoms with Crippen LogP contribution in [0.1, 0.15) is 71.6 Å². The first kappa shape index (κ1) is 17.0. The zero-order chi connectivity index (χ0) is 17.1. The van der Waals surface area contributed by atoms with Gasteiger partial charge in [0.2, 0.25) is 0 Å². The second-order valence-electron chi connectivity index (χ2n) is 9.88. The number of aliphatic hydroxyl groups excluding tert-OH is 2. The van der Waals surface area contributed by atoms with E-state index in [9.17, 15) is 15.0 Å². The van der Waals surface area contributed by atoms with Gasteiger partial charge in [0.15, 0.2) is 0 Å². The Morgan fingerprint density at radius 3 is 2.54 bits per heavy atom. The first-order valence-electron chi connectivity index (χ1n) is 10.2. The molecule has 4 rings (SSSR count). The largest absolute Gasteiger partial charge is 0.393 e. The molecule has 24 heavy (non-hydrogen) atoms. The third-order valence-electron chi connectivity index (χ3n) is 9.32. The standard InChI is InChI=1S/C21H34O3/c1-20-9-7-15(23)11-14(20)3-5-16-17-6-4-13(8-10-22)21(17,2)19(24)12-18(16)20/h10,13-19,23-24H,3-9,11-12H2,1-2H3/t13-,14-,15-,16?,17?,18?,19+,20+,21-/m1/s1. The number of aliphatic hydroxyl groups is 2. The lowest BCUT2D eigenvalue weighted by Gasteiger charge is -2.62. The molecular formula is C21H34O3. The van der Waals surface area contributed by atoms with Crippen LogP contribution in [0.25, 0.3) is 0 Å². The van der Waals surface area contributed by atoms with E-state index < -0.39 is 0 Å². The lowest BCUT2D eigenvalue weighted by atomic mass is 9.44. The lowest BCUT2D eigenvalue weighted by molar-refractivity contribution is -0.171. The van der Waals surface area contributed by atoms with E-state index in [4.69, 9.17) is 0 Å². The Bertz CT molecular complexity index is 505. The van der Waals surface area contributed by atoms with Gasteiger partial charge in [0, 0.05) is 6.42 Å². The van der Waals surface area contributed by atoms with Crippen LogP contribution in [0.5, 0.6) is 0 Å². The normalized spacial score (nSPS) is 56.9. The van der Waals surface area contributed by atoms with Crippen molar-refractivity contribution in [3.8, 4) is 0 Å². The summed E-state index contributed by atoms with van der Waals surface area (Å²) in [5, 5.41) is 21.3. The number of hydrogen-bond acceptors (Lipinski definition) is 3. The number of carbonyl (C=O) groups is 1. The highest BCUT2D eigenvalue weighted by Crippen LogP contribution is 2.67. The zero-order valence-corrected chi connectivity index (χ0v) is 15.3. The summed E-state index contributed by atoms with van der Waals surface area (Å²) in [5.74, 6) is 2.90. The van der Waals surface area contributed by atoms with Crippen LogP contribution in [0, 0.1) is 40.4 Å². The number of carbonyl (C=O) groups excluding carboxylic acids is 1. The summed E-state index contributed by atoms with van der Waals surface area (Å²) < 4.78 is 0. The minimum atomic E-state index is -0.265. The Balaban J connectivity index is 1.64. The molecular weight excluding hydrogens is 300 g/mol. The maximum absolute atomic E-state index is 11.2. The molecule has 0 aromatic rings. The summed E-state index contributed by atoms with van der Waals surface area (Å²) in [4.78, 5) is 11.1. The fourth-order valence-corrected chi connectivity index (χ4v) is 7.82. The summed E-state index contributed by atoms with van der Waals surface area (Å²) in [5.41, 5.74) is 0.243. The van der Waals surface area contributed by atoms with Crippen molar-refractivity contribution in [2.24, 2.45) is 40.4 Å². The quantitative estimate of drug-likeness (QED) is 0.759. The van der Waals surface area contributed by atoms with Crippen LogP contribution in [0.4, 0.5) is 0 Å². The molecule has 0 aromatic carbocycles. The monoisotopic (exact) mass is 334 g/mol. The number of hydrogen-bond donors (Lipinski definition) is 2. The molecule has 0 saturated heterocycles. The van der Waals surface area contributed by atoms with Crippen molar-refractivity contribution < 1.29 is 15.0 Å². The molecule has 3 nitrogen and oxygen atoms in total. The Labute approximate surface area is 146 Å². The van der Waals surface area contributed by atoms with E-state index in [1.54, 1.807) is 0 Å². The predicted molar refractivity (Wildman–Crippen MR) is 93.3 cm³/mol. The Hall–Kier alpha value is -0.410. The van der Waals surface area contributed by atoms with Gasteiger partial charge in [0.1, 0.15) is 6.29 Å². The van der Waals surface area contributed by atoms with E-state index in [2.05, 4.69) is 13.8 Å². The van der Waals surface area contributed by atoms with Crippen LogP contribution in [0.2, 0.25) is 0 Å². The summed E-state index contributed by atoms with van der Waals surface area (Å²) in [7, 11) is 0. The van der Waals surface area contributed by atoms with Gasteiger partial charge in [-0.1, -0.05) is 13.8 Å². The predicted octanol–water partition coefficient (Wildman–Crippen LogP) is 3.57. The third kappa shape index (κ3) is 2.19. The van der Waals surface area contributed by atoms with Crippen molar-refractivity contribution in [1.29, 1.82) is 0 Å². The highest BCUT2D eigenvalue weighted by atomic mass is 16.3. The van der Waals surface area contributed by atoms with Crippen molar-refractivity contribution in [2.45, 2.75) is 83.8 Å². The molecule has 4 saturated carbocycles. The van der Waals surface area contributed by atoms with E-state index in [0.29, 0.717) is 41.4 Å². The smallest absolute Gasteiger partial charge is 0.120 e. The van der Waals surface area contributed by atoms with Crippen LogP contribution < -0.4 is 0 Å². The van der Waals surface area contributed by atoms with Crippen LogP contribution in [0.3, 0.4) is 0 Å². The molecule has 0 aromatic heterocycles. The van der Waals surface area contributed by atoms with Gasteiger partial charge in [-0.05, 0) is 91.8 Å². The van der Waals surface area contributed by atoms with E-state index in [-0.39, 0.29) is 17.6 Å². The van der Waals surface area contributed by atoms with Crippen molar-refractivity contribution in [1.82, 2.24) is 0 Å². The van der Waals surface area contributed by atoms with E-state index in [0.717, 1.165) is 38.4 Å². The first-order chi connectivity index (χ1) is 11.4. The highest BCUT2D eigenvalue weighted by Gasteiger charge is 2.62. The molecule has 4 aliphatic carbocycles. The van der Waals surface area contributed by atoms with Crippen LogP contribution in [-0.2, 0) is 4.79 Å². The zero-order valence-electron chi connectivity index (χ0n) is 15.3. The maximum Gasteiger partial charge on any atom is 0.120 e. The molecule has 4 aliphatic rings. The molecule has 0 amide bonds. The van der Waals surface area contributed by atoms with E-state index >= 15 is 0 Å². The van der Waals surface area contributed by atoms with Crippen LogP contribution in [0.15, 0.2) is 0 Å². The first-order valence-corrected chi connectivity index (χ1v) is 10.2.